The Bertz CT molecular complexity index is 1310. The number of ether oxygens (including phenoxy) is 1. The van der Waals surface area contributed by atoms with Crippen molar-refractivity contribution in [3.05, 3.63) is 109 Å². The Morgan fingerprint density at radius 2 is 1.87 bits per heavy atom. The average molecular weight is 409 g/mol. The Hall–Kier alpha value is -4.32. The smallest absolute Gasteiger partial charge is 0.292 e. The normalized spacial score (nSPS) is 10.8. The summed E-state index contributed by atoms with van der Waals surface area (Å²) in [7, 11) is 0. The highest BCUT2D eigenvalue weighted by molar-refractivity contribution is 6.06. The number of pyridine rings is 1. The highest BCUT2D eigenvalue weighted by atomic mass is 16.5. The maximum Gasteiger partial charge on any atom is 0.292 e. The number of amides is 1. The predicted molar refractivity (Wildman–Crippen MR) is 118 cm³/mol. The number of nitrogens with zero attached hydrogens (tertiary/aromatic N) is 2. The Labute approximate surface area is 178 Å². The molecular weight excluding hydrogens is 390 g/mol. The van der Waals surface area contributed by atoms with Crippen molar-refractivity contribution in [3.8, 4) is 16.9 Å². The molecule has 0 saturated carbocycles. The summed E-state index contributed by atoms with van der Waals surface area (Å²) in [5.74, 6) is 0.584. The third-order valence-corrected chi connectivity index (χ3v) is 4.85. The zero-order chi connectivity index (χ0) is 21.0. The fourth-order valence-electron chi connectivity index (χ4n) is 3.40. The van der Waals surface area contributed by atoms with Gasteiger partial charge in [-0.3, -0.25) is 4.79 Å². The van der Waals surface area contributed by atoms with Gasteiger partial charge in [0.25, 0.3) is 5.91 Å². The largest absolute Gasteiger partial charge is 0.487 e. The molecule has 0 aliphatic rings. The van der Waals surface area contributed by atoms with Crippen molar-refractivity contribution in [3.63, 3.8) is 0 Å². The van der Waals surface area contributed by atoms with Gasteiger partial charge < -0.3 is 18.9 Å². The summed E-state index contributed by atoms with van der Waals surface area (Å²) in [5, 5.41) is 2.88. The van der Waals surface area contributed by atoms with Gasteiger partial charge in [-0.25, -0.2) is 4.98 Å². The van der Waals surface area contributed by atoms with E-state index in [0.717, 1.165) is 22.5 Å². The molecule has 5 rings (SSSR count). The molecule has 1 N–H and O–H groups in total. The number of aromatic nitrogens is 2. The number of nitrogens with one attached hydrogen (secondary N) is 1. The van der Waals surface area contributed by atoms with Crippen LogP contribution in [0.2, 0.25) is 0 Å². The summed E-state index contributed by atoms with van der Waals surface area (Å²) in [6.45, 7) is 0.329. The number of carbonyl (C=O) groups excluding carboxylic acids is 1. The number of hydrogen-bond donors (Lipinski definition) is 1. The molecule has 0 fully saturated rings. The van der Waals surface area contributed by atoms with Crippen molar-refractivity contribution < 1.29 is 13.9 Å². The molecule has 0 saturated heterocycles. The number of fused-ring (bicyclic) bond motifs is 1. The minimum absolute atomic E-state index is 0.266. The molecule has 0 aliphatic heterocycles. The van der Waals surface area contributed by atoms with E-state index in [-0.39, 0.29) is 11.7 Å². The molecule has 152 valence electrons. The molecular formula is C25H19N3O3. The molecule has 3 aromatic heterocycles. The second kappa shape index (κ2) is 8.20. The van der Waals surface area contributed by atoms with Gasteiger partial charge >= 0.3 is 0 Å². The molecule has 3 heterocycles. The number of imidazole rings is 1. The molecule has 31 heavy (non-hydrogen) atoms. The second-order valence-corrected chi connectivity index (χ2v) is 7.00. The van der Waals surface area contributed by atoms with Crippen LogP contribution in [-0.4, -0.2) is 15.3 Å². The molecule has 0 bridgehead atoms. The summed E-state index contributed by atoms with van der Waals surface area (Å²) in [6, 6.07) is 24.5. The summed E-state index contributed by atoms with van der Waals surface area (Å²) in [6.07, 6.45) is 5.40. The van der Waals surface area contributed by atoms with Crippen LogP contribution in [0.15, 0.2) is 102 Å². The van der Waals surface area contributed by atoms with Crippen LogP contribution < -0.4 is 10.1 Å². The van der Waals surface area contributed by atoms with Crippen LogP contribution in [0.4, 0.5) is 5.69 Å². The first-order valence-electron chi connectivity index (χ1n) is 9.86. The fraction of sp³-hybridized carbons (Fsp3) is 0.0400. The molecule has 0 aliphatic carbocycles. The summed E-state index contributed by atoms with van der Waals surface area (Å²) >= 11 is 0. The van der Waals surface area contributed by atoms with Crippen molar-refractivity contribution in [1.82, 2.24) is 9.38 Å². The number of anilines is 1. The maximum atomic E-state index is 12.8. The standard InChI is InChI=1S/C25H19N3O3/c29-25(24-22(12-14-30-24)18-7-2-1-3-8-18)27-19-9-6-10-21(15-19)31-17-20-16-28-13-5-4-11-23(28)26-20/h1-16H,17H2,(H,27,29). The van der Waals surface area contributed by atoms with E-state index in [4.69, 9.17) is 9.15 Å². The molecule has 6 heteroatoms. The number of hydrogen-bond acceptors (Lipinski definition) is 4. The van der Waals surface area contributed by atoms with Gasteiger partial charge in [-0.2, -0.15) is 0 Å². The van der Waals surface area contributed by atoms with E-state index in [1.165, 1.54) is 6.26 Å². The molecule has 0 spiro atoms. The van der Waals surface area contributed by atoms with Crippen molar-refractivity contribution in [2.45, 2.75) is 6.61 Å². The van der Waals surface area contributed by atoms with E-state index in [0.29, 0.717) is 18.0 Å². The molecule has 6 nitrogen and oxygen atoms in total. The van der Waals surface area contributed by atoms with Crippen molar-refractivity contribution >= 4 is 17.2 Å². The first kappa shape index (κ1) is 18.7. The number of furan rings is 1. The van der Waals surface area contributed by atoms with Crippen molar-refractivity contribution in [1.29, 1.82) is 0 Å². The van der Waals surface area contributed by atoms with Crippen LogP contribution in [0.3, 0.4) is 0 Å². The Balaban J connectivity index is 1.28. The van der Waals surface area contributed by atoms with E-state index in [2.05, 4.69) is 10.3 Å². The van der Waals surface area contributed by atoms with E-state index in [1.54, 1.807) is 18.2 Å². The molecule has 5 aromatic rings. The van der Waals surface area contributed by atoms with E-state index >= 15 is 0 Å². The molecule has 0 unspecified atom stereocenters. The van der Waals surface area contributed by atoms with Gasteiger partial charge in [0, 0.05) is 29.7 Å². The second-order valence-electron chi connectivity index (χ2n) is 7.00. The third kappa shape index (κ3) is 4.04. The number of carbonyl (C=O) groups is 1. The topological polar surface area (TPSA) is 68.8 Å². The molecule has 0 radical (unpaired) electrons. The van der Waals surface area contributed by atoms with Crippen LogP contribution in [0.1, 0.15) is 16.2 Å². The van der Waals surface area contributed by atoms with E-state index in [9.17, 15) is 4.79 Å². The molecule has 2 aromatic carbocycles. The van der Waals surface area contributed by atoms with Crippen molar-refractivity contribution in [2.24, 2.45) is 0 Å². The first-order valence-corrected chi connectivity index (χ1v) is 9.86. The highest BCUT2D eigenvalue weighted by Gasteiger charge is 2.17. The Morgan fingerprint density at radius 1 is 1.00 bits per heavy atom. The summed E-state index contributed by atoms with van der Waals surface area (Å²) in [4.78, 5) is 17.3. The van der Waals surface area contributed by atoms with Gasteiger partial charge in [-0.15, -0.1) is 0 Å². The van der Waals surface area contributed by atoms with Crippen LogP contribution >= 0.6 is 0 Å². The van der Waals surface area contributed by atoms with Gasteiger partial charge in [-0.05, 0) is 35.9 Å². The monoisotopic (exact) mass is 409 g/mol. The van der Waals surface area contributed by atoms with Crippen molar-refractivity contribution in [2.75, 3.05) is 5.32 Å². The lowest BCUT2D eigenvalue weighted by molar-refractivity contribution is 0.0997. The lowest BCUT2D eigenvalue weighted by Crippen LogP contribution is -2.12. The zero-order valence-corrected chi connectivity index (χ0v) is 16.6. The summed E-state index contributed by atoms with van der Waals surface area (Å²) in [5.41, 5.74) is 3.98. The van der Waals surface area contributed by atoms with Gasteiger partial charge in [0.05, 0.1) is 12.0 Å². The lowest BCUT2D eigenvalue weighted by Gasteiger charge is -2.08. The Kier molecular flexibility index (Phi) is 4.94. The SMILES string of the molecule is O=C(Nc1cccc(OCc2cn3ccccc3n2)c1)c1occc1-c1ccccc1. The minimum atomic E-state index is -0.318. The average Bonchev–Trinajstić information content (AvgIpc) is 3.46. The van der Waals surface area contributed by atoms with Gasteiger partial charge in [0.15, 0.2) is 5.76 Å². The molecule has 0 atom stereocenters. The maximum absolute atomic E-state index is 12.8. The van der Waals surface area contributed by atoms with Gasteiger partial charge in [-0.1, -0.05) is 42.5 Å². The number of rotatable bonds is 6. The van der Waals surface area contributed by atoms with Crippen LogP contribution in [0.25, 0.3) is 16.8 Å². The van der Waals surface area contributed by atoms with Gasteiger partial charge in [0.1, 0.15) is 18.0 Å². The lowest BCUT2D eigenvalue weighted by atomic mass is 10.1. The van der Waals surface area contributed by atoms with Crippen LogP contribution in [0.5, 0.6) is 5.75 Å². The predicted octanol–water partition coefficient (Wildman–Crippen LogP) is 5.43. The van der Waals surface area contributed by atoms with E-state index < -0.39 is 0 Å². The van der Waals surface area contributed by atoms with E-state index in [1.807, 2.05) is 77.5 Å². The van der Waals surface area contributed by atoms with Gasteiger partial charge in [0.2, 0.25) is 0 Å². The van der Waals surface area contributed by atoms with Crippen LogP contribution in [-0.2, 0) is 6.61 Å². The Morgan fingerprint density at radius 3 is 2.74 bits per heavy atom. The van der Waals surface area contributed by atoms with Crippen LogP contribution in [0, 0.1) is 0 Å². The quantitative estimate of drug-likeness (QED) is 0.406. The minimum Gasteiger partial charge on any atom is -0.487 e. The fourth-order valence-corrected chi connectivity index (χ4v) is 3.40. The third-order valence-electron chi connectivity index (χ3n) is 4.85. The first-order chi connectivity index (χ1) is 15.3. The highest BCUT2D eigenvalue weighted by Crippen LogP contribution is 2.26. The number of benzene rings is 2. The molecule has 1 amide bonds. The summed E-state index contributed by atoms with van der Waals surface area (Å²) < 4.78 is 13.3. The zero-order valence-electron chi connectivity index (χ0n) is 16.6.